The summed E-state index contributed by atoms with van der Waals surface area (Å²) >= 11 is 1.27. The number of carbonyl (C=O) groups excluding carboxylic acids is 2. The molecular formula is C19H26N8O4S. The number of rotatable bonds is 5. The van der Waals surface area contributed by atoms with Crippen LogP contribution in [0.25, 0.3) is 10.7 Å². The molecule has 1 atom stereocenters. The van der Waals surface area contributed by atoms with Crippen LogP contribution in [0.1, 0.15) is 12.7 Å². The van der Waals surface area contributed by atoms with Gasteiger partial charge in [-0.05, 0) is 6.92 Å². The number of carbonyl (C=O) groups is 2. The molecule has 32 heavy (non-hydrogen) atoms. The van der Waals surface area contributed by atoms with Gasteiger partial charge in [0.05, 0.1) is 30.7 Å². The van der Waals surface area contributed by atoms with E-state index in [-0.39, 0.29) is 18.2 Å². The zero-order valence-corrected chi connectivity index (χ0v) is 18.6. The number of morpholine rings is 1. The Morgan fingerprint density at radius 2 is 1.81 bits per heavy atom. The number of nitrogen functional groups attached to an aromatic ring is 1. The van der Waals surface area contributed by atoms with Crippen molar-refractivity contribution in [3.8, 4) is 10.7 Å². The summed E-state index contributed by atoms with van der Waals surface area (Å²) in [6.07, 6.45) is 0.591. The van der Waals surface area contributed by atoms with Gasteiger partial charge in [0.2, 0.25) is 11.9 Å². The number of thiazole rings is 1. The molecule has 13 heteroatoms. The van der Waals surface area contributed by atoms with Crippen LogP contribution in [0, 0.1) is 0 Å². The van der Waals surface area contributed by atoms with E-state index in [9.17, 15) is 14.7 Å². The average Bonchev–Trinajstić information content (AvgIpc) is 3.25. The van der Waals surface area contributed by atoms with E-state index in [1.807, 2.05) is 4.90 Å². The maximum atomic E-state index is 12.9. The number of aliphatic hydroxyl groups is 1. The maximum Gasteiger partial charge on any atom is 0.251 e. The van der Waals surface area contributed by atoms with Crippen LogP contribution in [0.4, 0.5) is 11.1 Å². The highest BCUT2D eigenvalue weighted by Crippen LogP contribution is 2.26. The van der Waals surface area contributed by atoms with E-state index >= 15 is 0 Å². The second-order valence-electron chi connectivity index (χ2n) is 7.60. The predicted octanol–water partition coefficient (Wildman–Crippen LogP) is -0.992. The fraction of sp³-hybridized carbons (Fsp3) is 0.579. The summed E-state index contributed by atoms with van der Waals surface area (Å²) in [6.45, 7) is 5.49. The van der Waals surface area contributed by atoms with Gasteiger partial charge >= 0.3 is 0 Å². The van der Waals surface area contributed by atoms with E-state index in [0.29, 0.717) is 80.1 Å². The third kappa shape index (κ3) is 5.11. The molecule has 0 bridgehead atoms. The van der Waals surface area contributed by atoms with Crippen molar-refractivity contribution >= 4 is 34.2 Å². The molecule has 12 nitrogen and oxygen atoms in total. The van der Waals surface area contributed by atoms with Crippen LogP contribution in [0.5, 0.6) is 0 Å². The zero-order chi connectivity index (χ0) is 22.7. The molecule has 3 N–H and O–H groups in total. The van der Waals surface area contributed by atoms with E-state index in [2.05, 4.69) is 19.9 Å². The highest BCUT2D eigenvalue weighted by molar-refractivity contribution is 7.18. The first-order valence-electron chi connectivity index (χ1n) is 10.4. The number of anilines is 2. The number of aliphatic hydroxyl groups excluding tert-OH is 1. The van der Waals surface area contributed by atoms with Crippen LogP contribution >= 0.6 is 11.3 Å². The smallest absolute Gasteiger partial charge is 0.251 e. The summed E-state index contributed by atoms with van der Waals surface area (Å²) in [6, 6.07) is 0. The molecule has 0 saturated carbocycles. The molecule has 0 spiro atoms. The van der Waals surface area contributed by atoms with Gasteiger partial charge in [-0.25, -0.2) is 9.97 Å². The van der Waals surface area contributed by atoms with Crippen molar-refractivity contribution in [3.05, 3.63) is 12.0 Å². The highest BCUT2D eigenvalue weighted by Gasteiger charge is 2.27. The molecule has 2 amide bonds. The Morgan fingerprint density at radius 3 is 2.44 bits per heavy atom. The molecule has 2 aliphatic rings. The number of amides is 2. The summed E-state index contributed by atoms with van der Waals surface area (Å²) in [7, 11) is 0. The third-order valence-corrected chi connectivity index (χ3v) is 6.14. The first kappa shape index (κ1) is 22.3. The Labute approximate surface area is 189 Å². The van der Waals surface area contributed by atoms with Gasteiger partial charge < -0.3 is 30.3 Å². The summed E-state index contributed by atoms with van der Waals surface area (Å²) in [5.41, 5.74) is 5.77. The number of hydrogen-bond donors (Lipinski definition) is 2. The van der Waals surface area contributed by atoms with Crippen molar-refractivity contribution in [2.75, 3.05) is 63.1 Å². The molecule has 0 aromatic carbocycles. The minimum atomic E-state index is -1.04. The van der Waals surface area contributed by atoms with Gasteiger partial charge in [-0.1, -0.05) is 11.3 Å². The summed E-state index contributed by atoms with van der Waals surface area (Å²) in [5.74, 6) is 0.864. The van der Waals surface area contributed by atoms with E-state index in [1.165, 1.54) is 18.3 Å². The van der Waals surface area contributed by atoms with Gasteiger partial charge in [0.15, 0.2) is 11.0 Å². The summed E-state index contributed by atoms with van der Waals surface area (Å²) in [4.78, 5) is 48.5. The lowest BCUT2D eigenvalue weighted by Crippen LogP contribution is -2.52. The predicted molar refractivity (Wildman–Crippen MR) is 117 cm³/mol. The molecule has 4 rings (SSSR count). The molecular weight excluding hydrogens is 436 g/mol. The van der Waals surface area contributed by atoms with Crippen molar-refractivity contribution in [1.82, 2.24) is 29.7 Å². The SMILES string of the molecule is C[C@@H](O)C(=O)N1CCN(C(=O)Cc2nc(-c3cnc(N)s3)nc(N3CCOCC3)n2)CC1. The van der Waals surface area contributed by atoms with Gasteiger partial charge in [-0.2, -0.15) is 9.97 Å². The Kier molecular flexibility index (Phi) is 6.77. The molecule has 2 fully saturated rings. The van der Waals surface area contributed by atoms with Crippen LogP contribution in [-0.4, -0.2) is 105 Å². The van der Waals surface area contributed by atoms with Crippen molar-refractivity contribution in [2.45, 2.75) is 19.4 Å². The minimum absolute atomic E-state index is 0.0193. The average molecular weight is 463 g/mol. The van der Waals surface area contributed by atoms with Gasteiger partial charge in [0, 0.05) is 39.3 Å². The van der Waals surface area contributed by atoms with E-state index in [1.54, 1.807) is 16.0 Å². The first-order chi connectivity index (χ1) is 15.4. The van der Waals surface area contributed by atoms with Crippen LogP contribution in [0.2, 0.25) is 0 Å². The fourth-order valence-electron chi connectivity index (χ4n) is 3.58. The standard InChI is InChI=1S/C19H26N8O4S/c1-12(28)17(30)26-4-2-25(3-5-26)15(29)10-14-22-16(13-11-21-18(20)32-13)24-19(23-14)27-6-8-31-9-7-27/h11-12,28H,2-10H2,1H3,(H2,20,21)/t12-/m1/s1. The van der Waals surface area contributed by atoms with Gasteiger partial charge in [-0.3, -0.25) is 9.59 Å². The number of nitrogens with two attached hydrogens (primary N) is 1. The lowest BCUT2D eigenvalue weighted by Gasteiger charge is -2.35. The van der Waals surface area contributed by atoms with Crippen LogP contribution in [0.3, 0.4) is 0 Å². The third-order valence-electron chi connectivity index (χ3n) is 5.32. The van der Waals surface area contributed by atoms with Crippen molar-refractivity contribution in [1.29, 1.82) is 0 Å². The lowest BCUT2D eigenvalue weighted by atomic mass is 10.2. The normalized spacial score (nSPS) is 18.0. The van der Waals surface area contributed by atoms with E-state index in [4.69, 9.17) is 10.5 Å². The number of aromatic nitrogens is 4. The van der Waals surface area contributed by atoms with Crippen molar-refractivity contribution in [2.24, 2.45) is 0 Å². The van der Waals surface area contributed by atoms with Gasteiger partial charge in [0.25, 0.3) is 5.91 Å². The molecule has 172 valence electrons. The molecule has 2 aromatic heterocycles. The molecule has 2 aromatic rings. The molecule has 2 aliphatic heterocycles. The Balaban J connectivity index is 1.49. The molecule has 4 heterocycles. The number of hydrogen-bond acceptors (Lipinski definition) is 11. The molecule has 0 aliphatic carbocycles. The van der Waals surface area contributed by atoms with Crippen molar-refractivity contribution in [3.63, 3.8) is 0 Å². The molecule has 0 unspecified atom stereocenters. The van der Waals surface area contributed by atoms with Crippen molar-refractivity contribution < 1.29 is 19.4 Å². The number of ether oxygens (including phenoxy) is 1. The zero-order valence-electron chi connectivity index (χ0n) is 17.8. The summed E-state index contributed by atoms with van der Waals surface area (Å²) < 4.78 is 5.41. The number of nitrogens with zero attached hydrogens (tertiary/aromatic N) is 7. The topological polar surface area (TPSA) is 151 Å². The fourth-order valence-corrected chi connectivity index (χ4v) is 4.20. The molecule has 0 radical (unpaired) electrons. The number of piperazine rings is 1. The maximum absolute atomic E-state index is 12.9. The van der Waals surface area contributed by atoms with E-state index in [0.717, 1.165) is 0 Å². The van der Waals surface area contributed by atoms with E-state index < -0.39 is 6.10 Å². The van der Waals surface area contributed by atoms with Gasteiger partial charge in [0.1, 0.15) is 11.9 Å². The lowest BCUT2D eigenvalue weighted by molar-refractivity contribution is -0.144. The molecule has 2 saturated heterocycles. The quantitative estimate of drug-likeness (QED) is 0.566. The monoisotopic (exact) mass is 462 g/mol. The Morgan fingerprint density at radius 1 is 1.12 bits per heavy atom. The Hall–Kier alpha value is -2.90. The summed E-state index contributed by atoms with van der Waals surface area (Å²) in [5, 5.41) is 9.89. The minimum Gasteiger partial charge on any atom is -0.384 e. The second-order valence-corrected chi connectivity index (χ2v) is 8.66. The second kappa shape index (κ2) is 9.71. The largest absolute Gasteiger partial charge is 0.384 e. The van der Waals surface area contributed by atoms with Crippen LogP contribution < -0.4 is 10.6 Å². The van der Waals surface area contributed by atoms with Gasteiger partial charge in [-0.15, -0.1) is 0 Å². The van der Waals surface area contributed by atoms with Crippen LogP contribution in [0.15, 0.2) is 6.20 Å². The van der Waals surface area contributed by atoms with Crippen LogP contribution in [-0.2, 0) is 20.7 Å². The first-order valence-corrected chi connectivity index (χ1v) is 11.3. The highest BCUT2D eigenvalue weighted by atomic mass is 32.1. The Bertz CT molecular complexity index is 970.